The van der Waals surface area contributed by atoms with Gasteiger partial charge in [-0.05, 0) is 18.6 Å². The Labute approximate surface area is 105 Å². The van der Waals surface area contributed by atoms with E-state index in [2.05, 4.69) is 0 Å². The van der Waals surface area contributed by atoms with Gasteiger partial charge in [-0.25, -0.2) is 4.39 Å². The summed E-state index contributed by atoms with van der Waals surface area (Å²) < 4.78 is 13.5. The van der Waals surface area contributed by atoms with Gasteiger partial charge in [-0.15, -0.1) is 11.6 Å². The summed E-state index contributed by atoms with van der Waals surface area (Å²) in [4.78, 5) is 13.5. The molecule has 1 N–H and O–H groups in total. The van der Waals surface area contributed by atoms with Crippen molar-refractivity contribution < 1.29 is 14.3 Å². The number of carbonyl (C=O) groups excluding carboxylic acids is 1. The van der Waals surface area contributed by atoms with Gasteiger partial charge in [-0.1, -0.05) is 6.92 Å². The zero-order valence-corrected chi connectivity index (χ0v) is 10.4. The Bertz CT molecular complexity index is 392. The third-order valence-electron chi connectivity index (χ3n) is 2.32. The van der Waals surface area contributed by atoms with E-state index in [4.69, 9.17) is 16.7 Å². The summed E-state index contributed by atoms with van der Waals surface area (Å²) in [6, 6.07) is 3.50. The highest BCUT2D eigenvalue weighted by Crippen LogP contribution is 2.17. The van der Waals surface area contributed by atoms with E-state index in [0.717, 1.165) is 12.5 Å². The molecule has 0 spiro atoms. The number of nitrogens with zero attached hydrogens (tertiary/aromatic N) is 1. The third kappa shape index (κ3) is 3.60. The number of rotatable bonds is 5. The molecule has 0 heterocycles. The molecule has 0 aliphatic heterocycles. The second-order valence-electron chi connectivity index (χ2n) is 3.65. The predicted molar refractivity (Wildman–Crippen MR) is 65.0 cm³/mol. The molecule has 0 aliphatic carbocycles. The van der Waals surface area contributed by atoms with E-state index in [1.165, 1.54) is 17.0 Å². The first-order valence-electron chi connectivity index (χ1n) is 5.44. The van der Waals surface area contributed by atoms with Crippen molar-refractivity contribution in [2.24, 2.45) is 0 Å². The molecule has 1 aromatic carbocycles. The van der Waals surface area contributed by atoms with Gasteiger partial charge in [-0.3, -0.25) is 4.79 Å². The highest BCUT2D eigenvalue weighted by molar-refractivity contribution is 6.18. The van der Waals surface area contributed by atoms with Gasteiger partial charge in [0.25, 0.3) is 5.91 Å². The molecule has 0 radical (unpaired) electrons. The standard InChI is InChI=1S/C12H15ClFNO2/c1-2-6-15(7-5-13)12(17)10-4-3-9(16)8-11(10)14/h3-4,8,16H,2,5-7H2,1H3. The zero-order valence-electron chi connectivity index (χ0n) is 9.62. The highest BCUT2D eigenvalue weighted by atomic mass is 35.5. The monoisotopic (exact) mass is 259 g/mol. The van der Waals surface area contributed by atoms with Crippen LogP contribution in [0.4, 0.5) is 4.39 Å². The Morgan fingerprint density at radius 3 is 2.71 bits per heavy atom. The van der Waals surface area contributed by atoms with Gasteiger partial charge in [0.2, 0.25) is 0 Å². The number of alkyl halides is 1. The Morgan fingerprint density at radius 2 is 2.18 bits per heavy atom. The second kappa shape index (κ2) is 6.45. The molecule has 17 heavy (non-hydrogen) atoms. The number of amides is 1. The van der Waals surface area contributed by atoms with Crippen molar-refractivity contribution in [2.75, 3.05) is 19.0 Å². The fraction of sp³-hybridized carbons (Fsp3) is 0.417. The smallest absolute Gasteiger partial charge is 0.256 e. The van der Waals surface area contributed by atoms with Crippen molar-refractivity contribution >= 4 is 17.5 Å². The summed E-state index contributed by atoms with van der Waals surface area (Å²) in [5.74, 6) is -1.00. The Morgan fingerprint density at radius 1 is 1.47 bits per heavy atom. The fourth-order valence-electron chi connectivity index (χ4n) is 1.53. The van der Waals surface area contributed by atoms with E-state index in [1.54, 1.807) is 0 Å². The lowest BCUT2D eigenvalue weighted by Crippen LogP contribution is -2.34. The number of hydrogen-bond acceptors (Lipinski definition) is 2. The maximum Gasteiger partial charge on any atom is 0.256 e. The Hall–Kier alpha value is -1.29. The van der Waals surface area contributed by atoms with E-state index in [1.807, 2.05) is 6.92 Å². The zero-order chi connectivity index (χ0) is 12.8. The van der Waals surface area contributed by atoms with Gasteiger partial charge >= 0.3 is 0 Å². The fourth-order valence-corrected chi connectivity index (χ4v) is 1.74. The molecule has 0 aliphatic rings. The molecule has 0 saturated heterocycles. The topological polar surface area (TPSA) is 40.5 Å². The maximum atomic E-state index is 13.5. The number of phenolic OH excluding ortho intramolecular Hbond substituents is 1. The average Bonchev–Trinajstić information content (AvgIpc) is 2.28. The SMILES string of the molecule is CCCN(CCCl)C(=O)c1ccc(O)cc1F. The van der Waals surface area contributed by atoms with Crippen LogP contribution in [-0.2, 0) is 0 Å². The predicted octanol–water partition coefficient (Wildman–Crippen LogP) is 2.62. The minimum atomic E-state index is -0.717. The molecule has 1 rings (SSSR count). The maximum absolute atomic E-state index is 13.5. The van der Waals surface area contributed by atoms with E-state index >= 15 is 0 Å². The van der Waals surface area contributed by atoms with Crippen LogP contribution in [0.1, 0.15) is 23.7 Å². The van der Waals surface area contributed by atoms with Crippen LogP contribution in [0.15, 0.2) is 18.2 Å². The lowest BCUT2D eigenvalue weighted by atomic mass is 10.1. The molecular formula is C12H15ClFNO2. The molecule has 94 valence electrons. The number of halogens is 2. The molecule has 0 unspecified atom stereocenters. The van der Waals surface area contributed by atoms with Crippen molar-refractivity contribution in [1.29, 1.82) is 0 Å². The minimum Gasteiger partial charge on any atom is -0.508 e. The van der Waals surface area contributed by atoms with E-state index < -0.39 is 11.7 Å². The summed E-state index contributed by atoms with van der Waals surface area (Å²) in [5, 5.41) is 9.08. The van der Waals surface area contributed by atoms with E-state index in [-0.39, 0.29) is 11.3 Å². The molecule has 0 aromatic heterocycles. The van der Waals surface area contributed by atoms with Gasteiger partial charge in [-0.2, -0.15) is 0 Å². The number of aromatic hydroxyl groups is 1. The lowest BCUT2D eigenvalue weighted by Gasteiger charge is -2.21. The quantitative estimate of drug-likeness (QED) is 0.826. The molecule has 0 bridgehead atoms. The van der Waals surface area contributed by atoms with E-state index in [9.17, 15) is 9.18 Å². The third-order valence-corrected chi connectivity index (χ3v) is 2.49. The first-order valence-corrected chi connectivity index (χ1v) is 5.97. The lowest BCUT2D eigenvalue weighted by molar-refractivity contribution is 0.0761. The van der Waals surface area contributed by atoms with Crippen LogP contribution < -0.4 is 0 Å². The largest absolute Gasteiger partial charge is 0.508 e. The first kappa shape index (κ1) is 13.8. The molecule has 0 saturated carbocycles. The van der Waals surface area contributed by atoms with Crippen molar-refractivity contribution in [3.63, 3.8) is 0 Å². The van der Waals surface area contributed by atoms with Crippen LogP contribution in [0.2, 0.25) is 0 Å². The van der Waals surface area contributed by atoms with Crippen molar-refractivity contribution in [1.82, 2.24) is 4.90 Å². The second-order valence-corrected chi connectivity index (χ2v) is 4.02. The summed E-state index contributed by atoms with van der Waals surface area (Å²) in [6.45, 7) is 2.85. The van der Waals surface area contributed by atoms with Crippen molar-refractivity contribution in [3.05, 3.63) is 29.6 Å². The number of benzene rings is 1. The number of carbonyl (C=O) groups is 1. The van der Waals surface area contributed by atoms with Crippen LogP contribution in [0.25, 0.3) is 0 Å². The Balaban J connectivity index is 2.92. The highest BCUT2D eigenvalue weighted by Gasteiger charge is 2.18. The molecule has 1 amide bonds. The molecule has 0 atom stereocenters. The summed E-state index contributed by atoms with van der Waals surface area (Å²) >= 11 is 5.60. The summed E-state index contributed by atoms with van der Waals surface area (Å²) in [5.41, 5.74) is -0.0404. The first-order chi connectivity index (χ1) is 8.10. The average molecular weight is 260 g/mol. The van der Waals surface area contributed by atoms with Crippen LogP contribution in [0, 0.1) is 5.82 Å². The van der Waals surface area contributed by atoms with Gasteiger partial charge in [0, 0.05) is 25.0 Å². The molecular weight excluding hydrogens is 245 g/mol. The molecule has 5 heteroatoms. The van der Waals surface area contributed by atoms with Crippen LogP contribution >= 0.6 is 11.6 Å². The number of phenols is 1. The van der Waals surface area contributed by atoms with Gasteiger partial charge in [0.05, 0.1) is 5.56 Å². The van der Waals surface area contributed by atoms with Crippen molar-refractivity contribution in [3.8, 4) is 5.75 Å². The minimum absolute atomic E-state index is 0.0404. The molecule has 1 aromatic rings. The summed E-state index contributed by atoms with van der Waals surface area (Å²) in [6.07, 6.45) is 0.780. The van der Waals surface area contributed by atoms with Crippen LogP contribution in [0.3, 0.4) is 0 Å². The normalized spacial score (nSPS) is 10.3. The molecule has 0 fully saturated rings. The number of hydrogen-bond donors (Lipinski definition) is 1. The van der Waals surface area contributed by atoms with Gasteiger partial charge < -0.3 is 10.0 Å². The van der Waals surface area contributed by atoms with Gasteiger partial charge in [0.1, 0.15) is 11.6 Å². The van der Waals surface area contributed by atoms with Crippen LogP contribution in [0.5, 0.6) is 5.75 Å². The van der Waals surface area contributed by atoms with Gasteiger partial charge in [0.15, 0.2) is 0 Å². The van der Waals surface area contributed by atoms with Crippen LogP contribution in [-0.4, -0.2) is 34.9 Å². The molecule has 3 nitrogen and oxygen atoms in total. The Kier molecular flexibility index (Phi) is 5.22. The van der Waals surface area contributed by atoms with Crippen molar-refractivity contribution in [2.45, 2.75) is 13.3 Å². The summed E-state index contributed by atoms with van der Waals surface area (Å²) in [7, 11) is 0. The van der Waals surface area contributed by atoms with E-state index in [0.29, 0.717) is 19.0 Å².